The predicted octanol–water partition coefficient (Wildman–Crippen LogP) is 2.57. The van der Waals surface area contributed by atoms with Gasteiger partial charge in [0, 0.05) is 44.0 Å². The summed E-state index contributed by atoms with van der Waals surface area (Å²) in [4.78, 5) is 16.7. The number of rotatable bonds is 5. The van der Waals surface area contributed by atoms with E-state index >= 15 is 0 Å². The zero-order valence-corrected chi connectivity index (χ0v) is 16.8. The average molecular weight is 405 g/mol. The van der Waals surface area contributed by atoms with E-state index in [2.05, 4.69) is 4.90 Å². The SMILES string of the molecule is CCN(c1ccc(C(=O)N2CCN(c3ccc(F)cc3)CC2)cc1)S(C)(=O)=O. The van der Waals surface area contributed by atoms with Gasteiger partial charge in [-0.1, -0.05) is 0 Å². The number of anilines is 2. The van der Waals surface area contributed by atoms with Gasteiger partial charge in [-0.3, -0.25) is 9.10 Å². The van der Waals surface area contributed by atoms with Gasteiger partial charge in [0.15, 0.2) is 0 Å². The Balaban J connectivity index is 1.64. The molecule has 1 amide bonds. The van der Waals surface area contributed by atoms with Crippen LogP contribution in [0.1, 0.15) is 17.3 Å². The molecule has 0 saturated carbocycles. The van der Waals surface area contributed by atoms with E-state index in [1.54, 1.807) is 48.2 Å². The molecule has 1 heterocycles. The molecule has 0 N–H and O–H groups in total. The summed E-state index contributed by atoms with van der Waals surface area (Å²) in [5, 5.41) is 0. The minimum absolute atomic E-state index is 0.0762. The molecule has 2 aromatic rings. The lowest BCUT2D eigenvalue weighted by molar-refractivity contribution is 0.0747. The minimum Gasteiger partial charge on any atom is -0.368 e. The Morgan fingerprint density at radius 2 is 1.57 bits per heavy atom. The molecule has 0 spiro atoms. The monoisotopic (exact) mass is 405 g/mol. The molecule has 0 unspecified atom stereocenters. The third-order valence-electron chi connectivity index (χ3n) is 4.85. The van der Waals surface area contributed by atoms with Crippen LogP contribution in [0.25, 0.3) is 0 Å². The number of piperazine rings is 1. The smallest absolute Gasteiger partial charge is 0.253 e. The van der Waals surface area contributed by atoms with Crippen LogP contribution in [0.4, 0.5) is 15.8 Å². The summed E-state index contributed by atoms with van der Waals surface area (Å²) >= 11 is 0. The summed E-state index contributed by atoms with van der Waals surface area (Å²) in [6.07, 6.45) is 1.16. The number of hydrogen-bond donors (Lipinski definition) is 0. The van der Waals surface area contributed by atoms with Crippen molar-refractivity contribution < 1.29 is 17.6 Å². The first kappa shape index (κ1) is 20.1. The quantitative estimate of drug-likeness (QED) is 0.767. The van der Waals surface area contributed by atoms with Crippen LogP contribution >= 0.6 is 0 Å². The minimum atomic E-state index is -3.35. The second-order valence-electron chi connectivity index (χ2n) is 6.73. The second-order valence-corrected chi connectivity index (χ2v) is 8.64. The second kappa shape index (κ2) is 8.18. The predicted molar refractivity (Wildman–Crippen MR) is 109 cm³/mol. The normalized spacial score (nSPS) is 14.8. The number of sulfonamides is 1. The fourth-order valence-corrected chi connectivity index (χ4v) is 4.35. The Morgan fingerprint density at radius 1 is 1.00 bits per heavy atom. The number of benzene rings is 2. The van der Waals surface area contributed by atoms with Gasteiger partial charge < -0.3 is 9.80 Å². The largest absolute Gasteiger partial charge is 0.368 e. The molecule has 1 saturated heterocycles. The van der Waals surface area contributed by atoms with E-state index in [9.17, 15) is 17.6 Å². The maximum atomic E-state index is 13.1. The van der Waals surface area contributed by atoms with Gasteiger partial charge >= 0.3 is 0 Å². The highest BCUT2D eigenvalue weighted by Crippen LogP contribution is 2.21. The van der Waals surface area contributed by atoms with Crippen LogP contribution in [0.15, 0.2) is 48.5 Å². The summed E-state index contributed by atoms with van der Waals surface area (Å²) in [5.41, 5.74) is 2.02. The molecule has 1 aliphatic rings. The van der Waals surface area contributed by atoms with Crippen molar-refractivity contribution in [2.75, 3.05) is 48.2 Å². The molecular weight excluding hydrogens is 381 g/mol. The highest BCUT2D eigenvalue weighted by Gasteiger charge is 2.23. The summed E-state index contributed by atoms with van der Waals surface area (Å²) in [5.74, 6) is -0.341. The molecule has 8 heteroatoms. The Morgan fingerprint density at radius 3 is 2.07 bits per heavy atom. The molecule has 150 valence electrons. The number of hydrogen-bond acceptors (Lipinski definition) is 4. The molecule has 28 heavy (non-hydrogen) atoms. The van der Waals surface area contributed by atoms with Crippen LogP contribution < -0.4 is 9.21 Å². The van der Waals surface area contributed by atoms with Crippen molar-refractivity contribution >= 4 is 27.3 Å². The molecule has 0 aromatic heterocycles. The van der Waals surface area contributed by atoms with Gasteiger partial charge in [0.1, 0.15) is 5.82 Å². The molecule has 0 aliphatic carbocycles. The first-order valence-electron chi connectivity index (χ1n) is 9.17. The first-order valence-corrected chi connectivity index (χ1v) is 11.0. The van der Waals surface area contributed by atoms with Crippen LogP contribution in [-0.4, -0.2) is 58.2 Å². The van der Waals surface area contributed by atoms with Crippen molar-refractivity contribution in [2.24, 2.45) is 0 Å². The summed E-state index contributed by atoms with van der Waals surface area (Å²) in [7, 11) is -3.35. The van der Waals surface area contributed by atoms with Gasteiger partial charge in [-0.2, -0.15) is 0 Å². The van der Waals surface area contributed by atoms with Crippen molar-refractivity contribution in [2.45, 2.75) is 6.92 Å². The van der Waals surface area contributed by atoms with Crippen molar-refractivity contribution in [1.29, 1.82) is 0 Å². The highest BCUT2D eigenvalue weighted by molar-refractivity contribution is 7.92. The standard InChI is InChI=1S/C20H24FN3O3S/c1-3-24(28(2,26)27)19-8-4-16(5-9-19)20(25)23-14-12-22(13-15-23)18-10-6-17(21)7-11-18/h4-11H,3,12-15H2,1-2H3. The fourth-order valence-electron chi connectivity index (χ4n) is 3.38. The topological polar surface area (TPSA) is 60.9 Å². The van der Waals surface area contributed by atoms with Crippen molar-refractivity contribution in [3.05, 3.63) is 59.9 Å². The molecule has 1 fully saturated rings. The number of carbonyl (C=O) groups is 1. The lowest BCUT2D eigenvalue weighted by Crippen LogP contribution is -2.48. The van der Waals surface area contributed by atoms with E-state index in [0.29, 0.717) is 44.0 Å². The van der Waals surface area contributed by atoms with Gasteiger partial charge in [0.05, 0.1) is 11.9 Å². The van der Waals surface area contributed by atoms with Crippen molar-refractivity contribution in [1.82, 2.24) is 4.90 Å². The third-order valence-corrected chi connectivity index (χ3v) is 6.12. The third kappa shape index (κ3) is 4.44. The summed E-state index contributed by atoms with van der Waals surface area (Å²) in [6.45, 7) is 4.59. The van der Waals surface area contributed by atoms with Gasteiger partial charge in [-0.05, 0) is 55.5 Å². The van der Waals surface area contributed by atoms with Gasteiger partial charge in [-0.15, -0.1) is 0 Å². The van der Waals surface area contributed by atoms with Gasteiger partial charge in [0.25, 0.3) is 5.91 Å². The highest BCUT2D eigenvalue weighted by atomic mass is 32.2. The van der Waals surface area contributed by atoms with Crippen LogP contribution in [0.3, 0.4) is 0 Å². The van der Waals surface area contributed by atoms with E-state index in [1.807, 2.05) is 0 Å². The zero-order valence-electron chi connectivity index (χ0n) is 16.0. The Hall–Kier alpha value is -2.61. The number of amides is 1. The molecule has 0 atom stereocenters. The fraction of sp³-hybridized carbons (Fsp3) is 0.350. The number of carbonyl (C=O) groups excluding carboxylic acids is 1. The van der Waals surface area contributed by atoms with Crippen LogP contribution in [0, 0.1) is 5.82 Å². The summed E-state index contributed by atoms with van der Waals surface area (Å²) in [6, 6.07) is 13.0. The van der Waals surface area contributed by atoms with Crippen LogP contribution in [0.5, 0.6) is 0 Å². The van der Waals surface area contributed by atoms with E-state index < -0.39 is 10.0 Å². The van der Waals surface area contributed by atoms with Crippen LogP contribution in [-0.2, 0) is 10.0 Å². The maximum Gasteiger partial charge on any atom is 0.253 e. The Kier molecular flexibility index (Phi) is 5.88. The van der Waals surface area contributed by atoms with E-state index in [0.717, 1.165) is 11.9 Å². The molecule has 2 aromatic carbocycles. The van der Waals surface area contributed by atoms with E-state index in [1.165, 1.54) is 16.4 Å². The molecule has 0 bridgehead atoms. The molecule has 1 aliphatic heterocycles. The Labute approximate surface area is 165 Å². The van der Waals surface area contributed by atoms with Crippen LogP contribution in [0.2, 0.25) is 0 Å². The number of halogens is 1. The lowest BCUT2D eigenvalue weighted by atomic mass is 10.1. The number of nitrogens with zero attached hydrogens (tertiary/aromatic N) is 3. The van der Waals surface area contributed by atoms with Crippen molar-refractivity contribution in [3.63, 3.8) is 0 Å². The maximum absolute atomic E-state index is 13.1. The van der Waals surface area contributed by atoms with Crippen molar-refractivity contribution in [3.8, 4) is 0 Å². The van der Waals surface area contributed by atoms with Gasteiger partial charge in [-0.25, -0.2) is 12.8 Å². The van der Waals surface area contributed by atoms with E-state index in [-0.39, 0.29) is 11.7 Å². The molecule has 3 rings (SSSR count). The lowest BCUT2D eigenvalue weighted by Gasteiger charge is -2.36. The molecule has 6 nitrogen and oxygen atoms in total. The summed E-state index contributed by atoms with van der Waals surface area (Å²) < 4.78 is 38.0. The van der Waals surface area contributed by atoms with Gasteiger partial charge in [0.2, 0.25) is 10.0 Å². The molecule has 0 radical (unpaired) electrons. The van der Waals surface area contributed by atoms with E-state index in [4.69, 9.17) is 0 Å². The zero-order chi connectivity index (χ0) is 20.3. The first-order chi connectivity index (χ1) is 13.3. The average Bonchev–Trinajstić information content (AvgIpc) is 2.68. The Bertz CT molecular complexity index is 922. The molecular formula is C20H24FN3O3S.